The standard InChI is InChI=1S/C20H15ClFN3O4S/c21-17-7-6-16(30-17)19(27)23-10-13-11-25(20(28)29-13)15-5-4-12(9-14(15)22)24-8-2-1-3-18(24)26/h1-9,13H,10-11H2,(H,23,27)/t13-/m0/s1. The third-order valence-corrected chi connectivity index (χ3v) is 5.71. The zero-order valence-electron chi connectivity index (χ0n) is 15.4. The molecule has 1 aliphatic heterocycles. The van der Waals surface area contributed by atoms with Crippen molar-refractivity contribution in [3.8, 4) is 5.69 Å². The smallest absolute Gasteiger partial charge is 0.414 e. The lowest BCUT2D eigenvalue weighted by atomic mass is 10.2. The number of benzene rings is 1. The minimum absolute atomic E-state index is 0.0339. The SMILES string of the molecule is O=C(NC[C@H]1CN(c2ccc(-n3ccccc3=O)cc2F)C(=O)O1)c1ccc(Cl)s1. The van der Waals surface area contributed by atoms with Crippen LogP contribution in [0.4, 0.5) is 14.9 Å². The first-order valence-corrected chi connectivity index (χ1v) is 10.1. The Morgan fingerprint density at radius 3 is 2.77 bits per heavy atom. The topological polar surface area (TPSA) is 80.6 Å². The lowest BCUT2D eigenvalue weighted by Crippen LogP contribution is -2.34. The molecular weight excluding hydrogens is 433 g/mol. The third kappa shape index (κ3) is 4.07. The van der Waals surface area contributed by atoms with Crippen LogP contribution in [0.2, 0.25) is 4.34 Å². The Bertz CT molecular complexity index is 1180. The molecule has 2 aromatic heterocycles. The van der Waals surface area contributed by atoms with Crippen molar-refractivity contribution in [2.75, 3.05) is 18.0 Å². The molecule has 7 nitrogen and oxygen atoms in total. The number of cyclic esters (lactones) is 1. The summed E-state index contributed by atoms with van der Waals surface area (Å²) in [5, 5.41) is 2.68. The second-order valence-electron chi connectivity index (χ2n) is 6.47. The maximum atomic E-state index is 14.7. The first-order chi connectivity index (χ1) is 14.4. The van der Waals surface area contributed by atoms with Gasteiger partial charge in [0.05, 0.1) is 33.7 Å². The molecule has 0 unspecified atom stereocenters. The summed E-state index contributed by atoms with van der Waals surface area (Å²) in [5.41, 5.74) is 0.0764. The lowest BCUT2D eigenvalue weighted by Gasteiger charge is -2.15. The predicted octanol–water partition coefficient (Wildman–Crippen LogP) is 3.45. The highest BCUT2D eigenvalue weighted by Crippen LogP contribution is 2.26. The van der Waals surface area contributed by atoms with Gasteiger partial charge in [0.2, 0.25) is 0 Å². The average Bonchev–Trinajstić information content (AvgIpc) is 3.32. The molecule has 154 valence electrons. The molecule has 4 rings (SSSR count). The summed E-state index contributed by atoms with van der Waals surface area (Å²) < 4.78 is 21.7. The van der Waals surface area contributed by atoms with Gasteiger partial charge in [-0.15, -0.1) is 11.3 Å². The number of carbonyl (C=O) groups excluding carboxylic acids is 2. The van der Waals surface area contributed by atoms with Gasteiger partial charge in [-0.1, -0.05) is 17.7 Å². The van der Waals surface area contributed by atoms with E-state index in [1.165, 1.54) is 29.0 Å². The van der Waals surface area contributed by atoms with Gasteiger partial charge in [-0.05, 0) is 30.3 Å². The van der Waals surface area contributed by atoms with Gasteiger partial charge < -0.3 is 10.1 Å². The van der Waals surface area contributed by atoms with E-state index >= 15 is 0 Å². The Balaban J connectivity index is 1.44. The largest absolute Gasteiger partial charge is 0.442 e. The van der Waals surface area contributed by atoms with Crippen LogP contribution in [0.1, 0.15) is 9.67 Å². The number of nitrogens with zero attached hydrogens (tertiary/aromatic N) is 2. The number of amides is 2. The van der Waals surface area contributed by atoms with Crippen molar-refractivity contribution < 1.29 is 18.7 Å². The first kappa shape index (κ1) is 20.1. The normalized spacial score (nSPS) is 15.9. The third-order valence-electron chi connectivity index (χ3n) is 4.48. The van der Waals surface area contributed by atoms with Crippen LogP contribution in [-0.4, -0.2) is 35.8 Å². The van der Waals surface area contributed by atoms with E-state index in [0.29, 0.717) is 14.9 Å². The molecule has 0 radical (unpaired) electrons. The van der Waals surface area contributed by atoms with Gasteiger partial charge in [0.25, 0.3) is 11.5 Å². The molecule has 0 spiro atoms. The van der Waals surface area contributed by atoms with Crippen LogP contribution in [-0.2, 0) is 4.74 Å². The van der Waals surface area contributed by atoms with E-state index < -0.39 is 18.0 Å². The van der Waals surface area contributed by atoms with E-state index in [4.69, 9.17) is 16.3 Å². The van der Waals surface area contributed by atoms with Crippen LogP contribution in [0.3, 0.4) is 0 Å². The molecule has 30 heavy (non-hydrogen) atoms. The van der Waals surface area contributed by atoms with Crippen molar-refractivity contribution in [1.82, 2.24) is 9.88 Å². The van der Waals surface area contributed by atoms with Crippen LogP contribution in [0.25, 0.3) is 5.69 Å². The van der Waals surface area contributed by atoms with E-state index in [2.05, 4.69) is 5.32 Å². The maximum Gasteiger partial charge on any atom is 0.414 e. The predicted molar refractivity (Wildman–Crippen MR) is 111 cm³/mol. The van der Waals surface area contributed by atoms with Gasteiger partial charge in [0.15, 0.2) is 0 Å². The average molecular weight is 448 g/mol. The van der Waals surface area contributed by atoms with Crippen LogP contribution in [0.5, 0.6) is 0 Å². The van der Waals surface area contributed by atoms with E-state index in [-0.39, 0.29) is 30.2 Å². The minimum atomic E-state index is -0.711. The number of thiophene rings is 1. The molecule has 1 fully saturated rings. The summed E-state index contributed by atoms with van der Waals surface area (Å²) >= 11 is 6.96. The zero-order valence-corrected chi connectivity index (χ0v) is 17.0. The number of carbonyl (C=O) groups is 2. The summed E-state index contributed by atoms with van der Waals surface area (Å²) in [4.78, 5) is 37.8. The van der Waals surface area contributed by atoms with Crippen molar-refractivity contribution in [3.63, 3.8) is 0 Å². The molecule has 1 N–H and O–H groups in total. The molecule has 0 saturated carbocycles. The molecule has 10 heteroatoms. The van der Waals surface area contributed by atoms with E-state index in [0.717, 1.165) is 16.2 Å². The number of rotatable bonds is 5. The van der Waals surface area contributed by atoms with Crippen molar-refractivity contribution >= 4 is 40.6 Å². The summed E-state index contributed by atoms with van der Waals surface area (Å²) in [5.74, 6) is -0.997. The molecule has 1 aromatic carbocycles. The number of nitrogens with one attached hydrogen (secondary N) is 1. The second-order valence-corrected chi connectivity index (χ2v) is 8.19. The summed E-state index contributed by atoms with van der Waals surface area (Å²) in [7, 11) is 0. The van der Waals surface area contributed by atoms with E-state index in [1.54, 1.807) is 30.3 Å². The Morgan fingerprint density at radius 2 is 2.07 bits per heavy atom. The fourth-order valence-corrected chi connectivity index (χ4v) is 4.02. The van der Waals surface area contributed by atoms with Gasteiger partial charge in [-0.25, -0.2) is 9.18 Å². The number of aromatic nitrogens is 1. The summed E-state index contributed by atoms with van der Waals surface area (Å²) in [6.07, 6.45) is 0.185. The van der Waals surface area contributed by atoms with Crippen molar-refractivity contribution in [1.29, 1.82) is 0 Å². The molecule has 0 aliphatic carbocycles. The van der Waals surface area contributed by atoms with E-state index in [9.17, 15) is 18.8 Å². The monoisotopic (exact) mass is 447 g/mol. The zero-order chi connectivity index (χ0) is 21.3. The van der Waals surface area contributed by atoms with Crippen LogP contribution < -0.4 is 15.8 Å². The Hall–Kier alpha value is -3.17. The highest BCUT2D eigenvalue weighted by Gasteiger charge is 2.34. The number of pyridine rings is 1. The van der Waals surface area contributed by atoms with Gasteiger partial charge in [0.1, 0.15) is 11.9 Å². The van der Waals surface area contributed by atoms with Crippen molar-refractivity contribution in [2.24, 2.45) is 0 Å². The minimum Gasteiger partial charge on any atom is -0.442 e. The molecule has 0 bridgehead atoms. The van der Waals surface area contributed by atoms with Crippen LogP contribution in [0.15, 0.2) is 59.5 Å². The molecule has 1 saturated heterocycles. The first-order valence-electron chi connectivity index (χ1n) is 8.91. The highest BCUT2D eigenvalue weighted by molar-refractivity contribution is 7.17. The molecule has 1 aliphatic rings. The summed E-state index contributed by atoms with van der Waals surface area (Å²) in [6.45, 7) is 0.154. The molecule has 2 amide bonds. The number of hydrogen-bond acceptors (Lipinski definition) is 5. The van der Waals surface area contributed by atoms with Crippen molar-refractivity contribution in [2.45, 2.75) is 6.10 Å². The Labute approximate surface area is 179 Å². The lowest BCUT2D eigenvalue weighted by molar-refractivity contribution is 0.0920. The number of halogens is 2. The Morgan fingerprint density at radius 1 is 1.23 bits per heavy atom. The van der Waals surface area contributed by atoms with Crippen LogP contribution >= 0.6 is 22.9 Å². The number of ether oxygens (including phenoxy) is 1. The number of anilines is 1. The maximum absolute atomic E-state index is 14.7. The molecule has 3 heterocycles. The van der Waals surface area contributed by atoms with Crippen LogP contribution in [0, 0.1) is 5.82 Å². The van der Waals surface area contributed by atoms with Gasteiger partial charge in [0, 0.05) is 18.3 Å². The van der Waals surface area contributed by atoms with Crippen molar-refractivity contribution in [3.05, 3.63) is 80.1 Å². The fourth-order valence-electron chi connectivity index (χ4n) is 3.06. The van der Waals surface area contributed by atoms with Gasteiger partial charge >= 0.3 is 6.09 Å². The summed E-state index contributed by atoms with van der Waals surface area (Å²) in [6, 6.07) is 12.0. The highest BCUT2D eigenvalue weighted by atomic mass is 35.5. The Kier molecular flexibility index (Phi) is 5.56. The fraction of sp³-hybridized carbons (Fsp3) is 0.150. The van der Waals surface area contributed by atoms with E-state index in [1.807, 2.05) is 0 Å². The van der Waals surface area contributed by atoms with Gasteiger partial charge in [-0.2, -0.15) is 0 Å². The molecule has 3 aromatic rings. The molecular formula is C20H15ClFN3O4S. The molecule has 1 atom stereocenters. The number of hydrogen-bond donors (Lipinski definition) is 1. The quantitative estimate of drug-likeness (QED) is 0.649. The van der Waals surface area contributed by atoms with Gasteiger partial charge in [-0.3, -0.25) is 19.1 Å². The second kappa shape index (κ2) is 8.29.